The smallest absolute Gasteiger partial charge is 0.153 e. The van der Waals surface area contributed by atoms with Gasteiger partial charge in [-0.2, -0.15) is 5.10 Å². The van der Waals surface area contributed by atoms with E-state index in [1.807, 2.05) is 13.8 Å². The molecular weight excluding hydrogens is 224 g/mol. The molecule has 0 bridgehead atoms. The molecule has 1 aromatic carbocycles. The minimum Gasteiger partial charge on any atom is -0.263 e. The molecule has 3 nitrogen and oxygen atoms in total. The maximum Gasteiger partial charge on any atom is 0.153 e. The Hall–Kier alpha value is -1.78. The predicted molar refractivity (Wildman–Crippen MR) is 59.6 cm³/mol. The number of aromatic amines is 1. The molecule has 0 saturated carbocycles. The Morgan fingerprint density at radius 3 is 2.41 bits per heavy atom. The van der Waals surface area contributed by atoms with Gasteiger partial charge in [-0.1, -0.05) is 19.9 Å². The number of nitrogens with zero attached hydrogens (tertiary/aromatic N) is 2. The molecule has 0 aliphatic heterocycles. The van der Waals surface area contributed by atoms with Crippen LogP contribution >= 0.6 is 0 Å². The zero-order valence-electron chi connectivity index (χ0n) is 9.67. The van der Waals surface area contributed by atoms with Crippen molar-refractivity contribution in [1.82, 2.24) is 15.2 Å². The molecule has 5 heteroatoms. The van der Waals surface area contributed by atoms with Crippen LogP contribution in [0.1, 0.15) is 37.0 Å². The Bertz CT molecular complexity index is 500. The number of nitrogens with one attached hydrogen (secondary N) is 1. The fourth-order valence-corrected chi connectivity index (χ4v) is 1.52. The molecule has 17 heavy (non-hydrogen) atoms. The second kappa shape index (κ2) is 4.61. The number of rotatable bonds is 3. The van der Waals surface area contributed by atoms with Crippen LogP contribution in [0.15, 0.2) is 18.2 Å². The summed E-state index contributed by atoms with van der Waals surface area (Å²) in [5, 5.41) is 6.69. The maximum atomic E-state index is 13.4. The van der Waals surface area contributed by atoms with Crippen LogP contribution in [0.5, 0.6) is 0 Å². The number of H-pyrrole nitrogens is 1. The van der Waals surface area contributed by atoms with Crippen molar-refractivity contribution < 1.29 is 8.78 Å². The van der Waals surface area contributed by atoms with Gasteiger partial charge in [-0.15, -0.1) is 0 Å². The third kappa shape index (κ3) is 2.49. The molecule has 1 N–H and O–H groups in total. The fourth-order valence-electron chi connectivity index (χ4n) is 1.52. The van der Waals surface area contributed by atoms with Gasteiger partial charge in [0, 0.05) is 17.9 Å². The normalized spacial score (nSPS) is 11.1. The third-order valence-electron chi connectivity index (χ3n) is 2.47. The highest BCUT2D eigenvalue weighted by Gasteiger charge is 2.13. The van der Waals surface area contributed by atoms with Crippen LogP contribution in [0.25, 0.3) is 0 Å². The minimum absolute atomic E-state index is 0.0129. The first kappa shape index (κ1) is 11.7. The molecule has 0 radical (unpaired) electrons. The van der Waals surface area contributed by atoms with Crippen molar-refractivity contribution >= 4 is 0 Å². The lowest BCUT2D eigenvalue weighted by molar-refractivity contribution is 0.559. The summed E-state index contributed by atoms with van der Waals surface area (Å²) in [6.45, 7) is 3.91. The van der Waals surface area contributed by atoms with Crippen molar-refractivity contribution in [2.75, 3.05) is 0 Å². The zero-order chi connectivity index (χ0) is 12.4. The van der Waals surface area contributed by atoms with Gasteiger partial charge in [0.2, 0.25) is 0 Å². The summed E-state index contributed by atoms with van der Waals surface area (Å²) >= 11 is 0. The van der Waals surface area contributed by atoms with Crippen LogP contribution in [-0.2, 0) is 6.42 Å². The molecule has 0 amide bonds. The first-order valence-electron chi connectivity index (χ1n) is 5.42. The lowest BCUT2D eigenvalue weighted by atomic mass is 10.1. The molecular formula is C12H13F2N3. The zero-order valence-corrected chi connectivity index (χ0v) is 9.67. The Labute approximate surface area is 97.9 Å². The van der Waals surface area contributed by atoms with Crippen molar-refractivity contribution in [3.63, 3.8) is 0 Å². The highest BCUT2D eigenvalue weighted by molar-refractivity contribution is 5.23. The van der Waals surface area contributed by atoms with Gasteiger partial charge in [-0.3, -0.25) is 5.10 Å². The summed E-state index contributed by atoms with van der Waals surface area (Å²) in [6.07, 6.45) is 0.0816. The summed E-state index contributed by atoms with van der Waals surface area (Å²) in [5.41, 5.74) is 0.0129. The SMILES string of the molecule is CC(C)c1n[nH]c(Cc2c(F)cccc2F)n1. The lowest BCUT2D eigenvalue weighted by Crippen LogP contribution is -1.99. The van der Waals surface area contributed by atoms with E-state index in [1.165, 1.54) is 18.2 Å². The maximum absolute atomic E-state index is 13.4. The Balaban J connectivity index is 2.25. The van der Waals surface area contributed by atoms with Crippen LogP contribution in [0.3, 0.4) is 0 Å². The summed E-state index contributed by atoms with van der Waals surface area (Å²) in [7, 11) is 0. The Morgan fingerprint density at radius 1 is 1.24 bits per heavy atom. The van der Waals surface area contributed by atoms with Crippen LogP contribution in [0, 0.1) is 11.6 Å². The van der Waals surface area contributed by atoms with Gasteiger partial charge in [0.1, 0.15) is 17.5 Å². The van der Waals surface area contributed by atoms with E-state index in [0.29, 0.717) is 11.6 Å². The first-order valence-corrected chi connectivity index (χ1v) is 5.42. The van der Waals surface area contributed by atoms with Gasteiger partial charge in [-0.25, -0.2) is 13.8 Å². The number of benzene rings is 1. The van der Waals surface area contributed by atoms with Gasteiger partial charge in [0.05, 0.1) is 0 Å². The van der Waals surface area contributed by atoms with Crippen LogP contribution in [0.4, 0.5) is 8.78 Å². The van der Waals surface area contributed by atoms with E-state index in [1.54, 1.807) is 0 Å². The van der Waals surface area contributed by atoms with E-state index in [9.17, 15) is 8.78 Å². The van der Waals surface area contributed by atoms with E-state index in [-0.39, 0.29) is 17.9 Å². The van der Waals surface area contributed by atoms with Crippen molar-refractivity contribution in [2.24, 2.45) is 0 Å². The highest BCUT2D eigenvalue weighted by atomic mass is 19.1. The molecule has 90 valence electrons. The molecule has 2 rings (SSSR count). The minimum atomic E-state index is -0.563. The molecule has 0 aliphatic carbocycles. The second-order valence-corrected chi connectivity index (χ2v) is 4.17. The van der Waals surface area contributed by atoms with Gasteiger partial charge in [0.25, 0.3) is 0 Å². The third-order valence-corrected chi connectivity index (χ3v) is 2.47. The average molecular weight is 237 g/mol. The van der Waals surface area contributed by atoms with Crippen LogP contribution in [-0.4, -0.2) is 15.2 Å². The molecule has 0 spiro atoms. The standard InChI is InChI=1S/C12H13F2N3/c1-7(2)12-15-11(16-17-12)6-8-9(13)4-3-5-10(8)14/h3-5,7H,6H2,1-2H3,(H,15,16,17). The molecule has 1 aromatic heterocycles. The lowest BCUT2D eigenvalue weighted by Gasteiger charge is -2.01. The van der Waals surface area contributed by atoms with E-state index in [4.69, 9.17) is 0 Å². The van der Waals surface area contributed by atoms with Crippen molar-refractivity contribution in [1.29, 1.82) is 0 Å². The Morgan fingerprint density at radius 2 is 1.88 bits per heavy atom. The predicted octanol–water partition coefficient (Wildman–Crippen LogP) is 2.80. The van der Waals surface area contributed by atoms with E-state index in [0.717, 1.165) is 0 Å². The molecule has 2 aromatic rings. The summed E-state index contributed by atoms with van der Waals surface area (Å²) in [4.78, 5) is 4.19. The Kier molecular flexibility index (Phi) is 3.17. The second-order valence-electron chi connectivity index (χ2n) is 4.17. The van der Waals surface area contributed by atoms with Crippen molar-refractivity contribution in [3.05, 3.63) is 47.0 Å². The number of halogens is 2. The molecule has 0 saturated heterocycles. The molecule has 0 unspecified atom stereocenters. The molecule has 1 heterocycles. The first-order chi connectivity index (χ1) is 8.08. The van der Waals surface area contributed by atoms with E-state index in [2.05, 4.69) is 15.2 Å². The quantitative estimate of drug-likeness (QED) is 0.891. The number of hydrogen-bond donors (Lipinski definition) is 1. The monoisotopic (exact) mass is 237 g/mol. The highest BCUT2D eigenvalue weighted by Crippen LogP contribution is 2.16. The number of hydrogen-bond acceptors (Lipinski definition) is 2. The van der Waals surface area contributed by atoms with Gasteiger partial charge >= 0.3 is 0 Å². The summed E-state index contributed by atoms with van der Waals surface area (Å²) in [5.74, 6) is 0.180. The van der Waals surface area contributed by atoms with Gasteiger partial charge < -0.3 is 0 Å². The molecule has 0 aliphatic rings. The number of aromatic nitrogens is 3. The summed E-state index contributed by atoms with van der Waals surface area (Å²) in [6, 6.07) is 3.81. The summed E-state index contributed by atoms with van der Waals surface area (Å²) < 4.78 is 26.8. The van der Waals surface area contributed by atoms with E-state index >= 15 is 0 Å². The van der Waals surface area contributed by atoms with Crippen LogP contribution < -0.4 is 0 Å². The van der Waals surface area contributed by atoms with Gasteiger partial charge in [-0.05, 0) is 12.1 Å². The van der Waals surface area contributed by atoms with Crippen molar-refractivity contribution in [3.8, 4) is 0 Å². The van der Waals surface area contributed by atoms with Crippen LogP contribution in [0.2, 0.25) is 0 Å². The topological polar surface area (TPSA) is 41.6 Å². The average Bonchev–Trinajstić information content (AvgIpc) is 2.72. The fraction of sp³-hybridized carbons (Fsp3) is 0.333. The molecule has 0 fully saturated rings. The van der Waals surface area contributed by atoms with E-state index < -0.39 is 11.6 Å². The molecule has 0 atom stereocenters. The van der Waals surface area contributed by atoms with Crippen molar-refractivity contribution in [2.45, 2.75) is 26.2 Å². The largest absolute Gasteiger partial charge is 0.263 e. The van der Waals surface area contributed by atoms with Gasteiger partial charge in [0.15, 0.2) is 5.82 Å².